The van der Waals surface area contributed by atoms with Crippen molar-refractivity contribution in [2.45, 2.75) is 13.8 Å². The summed E-state index contributed by atoms with van der Waals surface area (Å²) in [5.41, 5.74) is 5.38. The van der Waals surface area contributed by atoms with Crippen molar-refractivity contribution in [3.8, 4) is 5.88 Å². The number of nitrogens with zero attached hydrogens (tertiary/aromatic N) is 4. The van der Waals surface area contributed by atoms with Crippen molar-refractivity contribution in [3.05, 3.63) is 71.2 Å². The van der Waals surface area contributed by atoms with Gasteiger partial charge < -0.3 is 14.5 Å². The average molecular weight is 420 g/mol. The zero-order chi connectivity index (χ0) is 22.3. The Hall–Kier alpha value is -3.61. The van der Waals surface area contributed by atoms with E-state index in [2.05, 4.69) is 4.98 Å². The van der Waals surface area contributed by atoms with Gasteiger partial charge in [-0.25, -0.2) is 9.37 Å². The number of ether oxygens (including phenoxy) is 1. The molecule has 0 atom stereocenters. The number of aromatic nitrogens is 1. The number of anilines is 4. The van der Waals surface area contributed by atoms with E-state index in [1.165, 1.54) is 12.1 Å². The summed E-state index contributed by atoms with van der Waals surface area (Å²) in [6.45, 7) is 4.00. The summed E-state index contributed by atoms with van der Waals surface area (Å²) >= 11 is 0. The van der Waals surface area contributed by atoms with Crippen LogP contribution >= 0.6 is 0 Å². The van der Waals surface area contributed by atoms with Crippen molar-refractivity contribution in [1.29, 1.82) is 0 Å². The molecule has 1 amide bonds. The second kappa shape index (κ2) is 7.91. The number of aryl methyl sites for hydroxylation is 2. The fourth-order valence-electron chi connectivity index (χ4n) is 3.87. The minimum absolute atomic E-state index is 0.105. The Bertz CT molecular complexity index is 1160. The van der Waals surface area contributed by atoms with E-state index in [0.717, 1.165) is 22.6 Å². The number of halogens is 1. The minimum Gasteiger partial charge on any atom is -0.481 e. The van der Waals surface area contributed by atoms with E-state index in [0.29, 0.717) is 22.8 Å². The summed E-state index contributed by atoms with van der Waals surface area (Å²) in [7, 11) is 5.47. The third-order valence-electron chi connectivity index (χ3n) is 5.53. The van der Waals surface area contributed by atoms with Crippen LogP contribution in [0.3, 0.4) is 0 Å². The van der Waals surface area contributed by atoms with Gasteiger partial charge in [0.2, 0.25) is 5.88 Å². The Labute approximate surface area is 181 Å². The largest absolute Gasteiger partial charge is 0.481 e. The van der Waals surface area contributed by atoms with Gasteiger partial charge in [-0.15, -0.1) is 0 Å². The third kappa shape index (κ3) is 3.67. The van der Waals surface area contributed by atoms with Gasteiger partial charge in [0.25, 0.3) is 5.91 Å². The SMILES string of the molecule is COc1ccc(N2CN(c3ccc(F)cc3C)c3cc(N(C)C)ccc3C2=O)c(C)n1. The molecule has 1 aliphatic heterocycles. The molecule has 0 N–H and O–H groups in total. The van der Waals surface area contributed by atoms with E-state index in [9.17, 15) is 9.18 Å². The summed E-state index contributed by atoms with van der Waals surface area (Å²) < 4.78 is 19.0. The van der Waals surface area contributed by atoms with Crippen LogP contribution in [0.15, 0.2) is 48.5 Å². The molecule has 3 aromatic rings. The van der Waals surface area contributed by atoms with Gasteiger partial charge in [-0.1, -0.05) is 0 Å². The van der Waals surface area contributed by atoms with Gasteiger partial charge in [0, 0.05) is 31.5 Å². The second-order valence-corrected chi connectivity index (χ2v) is 7.79. The molecular formula is C24H25FN4O2. The van der Waals surface area contributed by atoms with Gasteiger partial charge in [0.05, 0.1) is 29.7 Å². The average Bonchev–Trinajstić information content (AvgIpc) is 2.74. The lowest BCUT2D eigenvalue weighted by atomic mass is 10.0. The molecular weight excluding hydrogens is 395 g/mol. The lowest BCUT2D eigenvalue weighted by Crippen LogP contribution is -2.45. The first-order valence-electron chi connectivity index (χ1n) is 9.98. The molecule has 0 saturated heterocycles. The molecule has 1 aromatic heterocycles. The monoisotopic (exact) mass is 420 g/mol. The summed E-state index contributed by atoms with van der Waals surface area (Å²) in [6.07, 6.45) is 0. The first kappa shape index (κ1) is 20.7. The summed E-state index contributed by atoms with van der Waals surface area (Å²) in [6, 6.07) is 14.1. The van der Waals surface area contributed by atoms with Crippen molar-refractivity contribution >= 4 is 28.7 Å². The third-order valence-corrected chi connectivity index (χ3v) is 5.53. The first-order valence-corrected chi connectivity index (χ1v) is 9.98. The molecule has 6 nitrogen and oxygen atoms in total. The minimum atomic E-state index is -0.288. The van der Waals surface area contributed by atoms with Gasteiger partial charge in [-0.2, -0.15) is 0 Å². The number of hydrogen-bond acceptors (Lipinski definition) is 5. The Kier molecular flexibility index (Phi) is 5.27. The predicted octanol–water partition coefficient (Wildman–Crippen LogP) is 4.67. The van der Waals surface area contributed by atoms with Crippen LogP contribution in [0, 0.1) is 19.7 Å². The zero-order valence-corrected chi connectivity index (χ0v) is 18.3. The van der Waals surface area contributed by atoms with E-state index in [4.69, 9.17) is 4.74 Å². The summed E-state index contributed by atoms with van der Waals surface area (Å²) in [4.78, 5) is 23.6. The number of methoxy groups -OCH3 is 1. The zero-order valence-electron chi connectivity index (χ0n) is 18.3. The number of benzene rings is 2. The normalized spacial score (nSPS) is 13.3. The lowest BCUT2D eigenvalue weighted by molar-refractivity contribution is 0.0983. The number of hydrogen-bond donors (Lipinski definition) is 0. The van der Waals surface area contributed by atoms with Crippen LogP contribution in [0.4, 0.5) is 27.1 Å². The lowest BCUT2D eigenvalue weighted by Gasteiger charge is -2.39. The number of amides is 1. The van der Waals surface area contributed by atoms with Gasteiger partial charge in [0.15, 0.2) is 0 Å². The Morgan fingerprint density at radius 2 is 1.71 bits per heavy atom. The highest BCUT2D eigenvalue weighted by atomic mass is 19.1. The molecule has 4 rings (SSSR count). The number of rotatable bonds is 4. The Morgan fingerprint density at radius 3 is 2.35 bits per heavy atom. The van der Waals surface area contributed by atoms with Crippen LogP contribution < -0.4 is 19.4 Å². The molecule has 0 saturated carbocycles. The molecule has 7 heteroatoms. The topological polar surface area (TPSA) is 48.9 Å². The van der Waals surface area contributed by atoms with E-state index < -0.39 is 0 Å². The maximum Gasteiger partial charge on any atom is 0.261 e. The van der Waals surface area contributed by atoms with E-state index in [1.807, 2.05) is 62.0 Å². The number of carbonyl (C=O) groups excluding carboxylic acids is 1. The molecule has 0 radical (unpaired) electrons. The van der Waals surface area contributed by atoms with Crippen LogP contribution in [0.5, 0.6) is 5.88 Å². The van der Waals surface area contributed by atoms with Crippen LogP contribution in [0.25, 0.3) is 0 Å². The fraction of sp³-hybridized carbons (Fsp3) is 0.250. The molecule has 160 valence electrons. The van der Waals surface area contributed by atoms with E-state index in [1.54, 1.807) is 24.1 Å². The molecule has 0 bridgehead atoms. The highest BCUT2D eigenvalue weighted by Gasteiger charge is 2.33. The molecule has 0 fully saturated rings. The molecule has 0 unspecified atom stereocenters. The summed E-state index contributed by atoms with van der Waals surface area (Å²) in [5, 5.41) is 0. The van der Waals surface area contributed by atoms with Crippen molar-refractivity contribution in [3.63, 3.8) is 0 Å². The van der Waals surface area contributed by atoms with Crippen molar-refractivity contribution in [2.75, 3.05) is 42.6 Å². The Morgan fingerprint density at radius 1 is 0.968 bits per heavy atom. The van der Waals surface area contributed by atoms with Crippen LogP contribution in [0.1, 0.15) is 21.6 Å². The quantitative estimate of drug-likeness (QED) is 0.614. The standard InChI is InChI=1S/C24H25FN4O2/c1-15-12-17(25)6-9-20(15)28-14-29(21-10-11-23(31-5)26-16(21)2)24(30)19-8-7-18(27(3)4)13-22(19)28/h6-13H,14H2,1-5H3. The highest BCUT2D eigenvalue weighted by Crippen LogP contribution is 2.39. The predicted molar refractivity (Wildman–Crippen MR) is 121 cm³/mol. The highest BCUT2D eigenvalue weighted by molar-refractivity contribution is 6.13. The fourth-order valence-corrected chi connectivity index (χ4v) is 3.87. The van der Waals surface area contributed by atoms with E-state index >= 15 is 0 Å². The van der Waals surface area contributed by atoms with Gasteiger partial charge in [-0.05, 0) is 61.9 Å². The second-order valence-electron chi connectivity index (χ2n) is 7.79. The van der Waals surface area contributed by atoms with Gasteiger partial charge in [0.1, 0.15) is 12.5 Å². The van der Waals surface area contributed by atoms with Gasteiger partial charge >= 0.3 is 0 Å². The van der Waals surface area contributed by atoms with Crippen molar-refractivity contribution in [1.82, 2.24) is 4.98 Å². The molecule has 0 spiro atoms. The number of carbonyl (C=O) groups is 1. The van der Waals surface area contributed by atoms with Crippen molar-refractivity contribution < 1.29 is 13.9 Å². The molecule has 2 heterocycles. The Balaban J connectivity index is 1.88. The molecule has 2 aromatic carbocycles. The molecule has 31 heavy (non-hydrogen) atoms. The van der Waals surface area contributed by atoms with Crippen molar-refractivity contribution in [2.24, 2.45) is 0 Å². The maximum atomic E-state index is 13.8. The molecule has 0 aliphatic carbocycles. The summed E-state index contributed by atoms with van der Waals surface area (Å²) in [5.74, 6) is 0.100. The van der Waals surface area contributed by atoms with E-state index in [-0.39, 0.29) is 18.4 Å². The van der Waals surface area contributed by atoms with Crippen LogP contribution in [-0.4, -0.2) is 38.8 Å². The maximum absolute atomic E-state index is 13.8. The number of fused-ring (bicyclic) bond motifs is 1. The van der Waals surface area contributed by atoms with Crippen LogP contribution in [0.2, 0.25) is 0 Å². The molecule has 1 aliphatic rings. The van der Waals surface area contributed by atoms with Gasteiger partial charge in [-0.3, -0.25) is 9.69 Å². The van der Waals surface area contributed by atoms with Crippen LogP contribution in [-0.2, 0) is 0 Å². The first-order chi connectivity index (χ1) is 14.8. The smallest absolute Gasteiger partial charge is 0.261 e. The number of pyridine rings is 1.